The Hall–Kier alpha value is -2.64. The molecule has 2 N–H and O–H groups in total. The second kappa shape index (κ2) is 10.6. The number of hydrogen-bond donors (Lipinski definition) is 1. The summed E-state index contributed by atoms with van der Waals surface area (Å²) >= 11 is 6.20. The summed E-state index contributed by atoms with van der Waals surface area (Å²) in [7, 11) is 1.53. The quantitative estimate of drug-likeness (QED) is 0.639. The first-order valence-corrected chi connectivity index (χ1v) is 10.7. The first-order chi connectivity index (χ1) is 14.9. The second-order valence-corrected chi connectivity index (χ2v) is 8.01. The van der Waals surface area contributed by atoms with Crippen LogP contribution < -0.4 is 15.4 Å². The topological polar surface area (TPSA) is 75.9 Å². The number of carbonyl (C=O) groups is 2. The highest BCUT2D eigenvalue weighted by atomic mass is 35.5. The van der Waals surface area contributed by atoms with Crippen molar-refractivity contribution in [2.24, 2.45) is 5.73 Å². The van der Waals surface area contributed by atoms with Gasteiger partial charge in [0.15, 0.2) is 0 Å². The molecule has 0 aromatic heterocycles. The first-order valence-electron chi connectivity index (χ1n) is 10.3. The fourth-order valence-corrected chi connectivity index (χ4v) is 4.25. The van der Waals surface area contributed by atoms with E-state index in [1.54, 1.807) is 30.3 Å². The van der Waals surface area contributed by atoms with Crippen LogP contribution in [0.1, 0.15) is 24.8 Å². The first kappa shape index (κ1) is 23.0. The number of methoxy groups -OCH3 is 1. The molecule has 3 rings (SSSR count). The standard InChI is InChI=1S/C23H27ClFN3O3/c1-31-21-10-3-2-9-20(21)28(13-11-22(26)29)23(30)15-27-12-5-6-16(27)14-17-18(24)7-4-8-19(17)25/h2-4,7-10,16H,5-6,11-15H2,1H3,(H2,26,29)/t16-/m0/s1. The minimum absolute atomic E-state index is 0.00834. The SMILES string of the molecule is COc1ccccc1N(CCC(N)=O)C(=O)CN1CCC[C@H]1Cc1c(F)cccc1Cl. The molecule has 8 heteroatoms. The van der Waals surface area contributed by atoms with Gasteiger partial charge in [0.25, 0.3) is 0 Å². The number of rotatable bonds is 9. The number of nitrogens with two attached hydrogens (primary N) is 1. The number of carbonyl (C=O) groups excluding carboxylic acids is 2. The van der Waals surface area contributed by atoms with Crippen LogP contribution in [0.25, 0.3) is 0 Å². The van der Waals surface area contributed by atoms with Gasteiger partial charge in [0.2, 0.25) is 11.8 Å². The molecule has 2 aromatic rings. The van der Waals surface area contributed by atoms with Crippen molar-refractivity contribution in [2.45, 2.75) is 31.7 Å². The van der Waals surface area contributed by atoms with E-state index in [0.717, 1.165) is 19.4 Å². The Morgan fingerprint density at radius 2 is 2.03 bits per heavy atom. The van der Waals surface area contributed by atoms with Gasteiger partial charge in [-0.15, -0.1) is 0 Å². The Morgan fingerprint density at radius 3 is 2.74 bits per heavy atom. The summed E-state index contributed by atoms with van der Waals surface area (Å²) in [5, 5.41) is 0.398. The van der Waals surface area contributed by atoms with E-state index in [1.807, 2.05) is 6.07 Å². The molecule has 0 aliphatic carbocycles. The van der Waals surface area contributed by atoms with Gasteiger partial charge >= 0.3 is 0 Å². The van der Waals surface area contributed by atoms with Crippen LogP contribution in [0.2, 0.25) is 5.02 Å². The molecule has 0 radical (unpaired) electrons. The number of ether oxygens (including phenoxy) is 1. The van der Waals surface area contributed by atoms with E-state index < -0.39 is 5.91 Å². The van der Waals surface area contributed by atoms with E-state index in [2.05, 4.69) is 4.90 Å². The van der Waals surface area contributed by atoms with Gasteiger partial charge in [-0.2, -0.15) is 0 Å². The average Bonchev–Trinajstić information content (AvgIpc) is 3.17. The summed E-state index contributed by atoms with van der Waals surface area (Å²) in [5.74, 6) is -0.447. The average molecular weight is 448 g/mol. The lowest BCUT2D eigenvalue weighted by molar-refractivity contribution is -0.120. The maximum Gasteiger partial charge on any atom is 0.241 e. The zero-order chi connectivity index (χ0) is 22.4. The highest BCUT2D eigenvalue weighted by Gasteiger charge is 2.30. The number of amides is 2. The van der Waals surface area contributed by atoms with Gasteiger partial charge in [-0.05, 0) is 50.1 Å². The van der Waals surface area contributed by atoms with Crippen molar-refractivity contribution in [3.05, 3.63) is 58.9 Å². The van der Waals surface area contributed by atoms with E-state index in [-0.39, 0.29) is 37.3 Å². The molecule has 2 aromatic carbocycles. The van der Waals surface area contributed by atoms with Gasteiger partial charge < -0.3 is 15.4 Å². The smallest absolute Gasteiger partial charge is 0.241 e. The summed E-state index contributed by atoms with van der Waals surface area (Å²) in [6, 6.07) is 11.8. The minimum Gasteiger partial charge on any atom is -0.495 e. The van der Waals surface area contributed by atoms with Crippen molar-refractivity contribution in [2.75, 3.05) is 31.6 Å². The number of likely N-dealkylation sites (tertiary alicyclic amines) is 1. The molecule has 1 fully saturated rings. The summed E-state index contributed by atoms with van der Waals surface area (Å²) in [6.07, 6.45) is 2.25. The molecule has 0 unspecified atom stereocenters. The Bertz CT molecular complexity index is 920. The predicted octanol–water partition coefficient (Wildman–Crippen LogP) is 3.40. The largest absolute Gasteiger partial charge is 0.495 e. The third-order valence-electron chi connectivity index (χ3n) is 5.60. The lowest BCUT2D eigenvalue weighted by Crippen LogP contribution is -2.44. The zero-order valence-electron chi connectivity index (χ0n) is 17.5. The van der Waals surface area contributed by atoms with Gasteiger partial charge in [0.05, 0.1) is 19.3 Å². The third kappa shape index (κ3) is 5.74. The van der Waals surface area contributed by atoms with Gasteiger partial charge in [-0.1, -0.05) is 29.8 Å². The summed E-state index contributed by atoms with van der Waals surface area (Å²) < 4.78 is 19.7. The Morgan fingerprint density at radius 1 is 1.26 bits per heavy atom. The molecule has 0 bridgehead atoms. The number of halogens is 2. The molecule has 1 aliphatic heterocycles. The van der Waals surface area contributed by atoms with Crippen LogP contribution in [-0.2, 0) is 16.0 Å². The number of primary amides is 1. The van der Waals surface area contributed by atoms with Crippen LogP contribution in [0, 0.1) is 5.82 Å². The van der Waals surface area contributed by atoms with Crippen LogP contribution in [0.15, 0.2) is 42.5 Å². The summed E-state index contributed by atoms with van der Waals surface area (Å²) in [6.45, 7) is 1.04. The fourth-order valence-electron chi connectivity index (χ4n) is 4.01. The van der Waals surface area contributed by atoms with Crippen molar-refractivity contribution in [1.82, 2.24) is 4.90 Å². The van der Waals surface area contributed by atoms with Gasteiger partial charge in [-0.3, -0.25) is 14.5 Å². The van der Waals surface area contributed by atoms with Gasteiger partial charge in [0, 0.05) is 29.6 Å². The van der Waals surface area contributed by atoms with E-state index in [0.29, 0.717) is 28.4 Å². The van der Waals surface area contributed by atoms with Crippen molar-refractivity contribution >= 4 is 29.1 Å². The van der Waals surface area contributed by atoms with E-state index in [1.165, 1.54) is 18.1 Å². The molecule has 1 heterocycles. The van der Waals surface area contributed by atoms with E-state index in [4.69, 9.17) is 22.1 Å². The maximum absolute atomic E-state index is 14.3. The van der Waals surface area contributed by atoms with Crippen molar-refractivity contribution in [1.29, 1.82) is 0 Å². The number of nitrogens with zero attached hydrogens (tertiary/aromatic N) is 2. The molecular weight excluding hydrogens is 421 g/mol. The van der Waals surface area contributed by atoms with Crippen molar-refractivity contribution in [3.63, 3.8) is 0 Å². The van der Waals surface area contributed by atoms with Gasteiger partial charge in [0.1, 0.15) is 11.6 Å². The molecule has 6 nitrogen and oxygen atoms in total. The molecule has 1 atom stereocenters. The predicted molar refractivity (Wildman–Crippen MR) is 119 cm³/mol. The number of para-hydroxylation sites is 2. The molecule has 1 saturated heterocycles. The van der Waals surface area contributed by atoms with Crippen molar-refractivity contribution < 1.29 is 18.7 Å². The van der Waals surface area contributed by atoms with Crippen LogP contribution in [-0.4, -0.2) is 49.5 Å². The van der Waals surface area contributed by atoms with Crippen LogP contribution in [0.4, 0.5) is 10.1 Å². The molecule has 0 saturated carbocycles. The summed E-state index contributed by atoms with van der Waals surface area (Å²) in [4.78, 5) is 28.2. The zero-order valence-corrected chi connectivity index (χ0v) is 18.3. The monoisotopic (exact) mass is 447 g/mol. The molecule has 2 amide bonds. The Kier molecular flexibility index (Phi) is 7.87. The number of anilines is 1. The van der Waals surface area contributed by atoms with Crippen LogP contribution in [0.3, 0.4) is 0 Å². The maximum atomic E-state index is 14.3. The molecule has 1 aliphatic rings. The van der Waals surface area contributed by atoms with Crippen LogP contribution >= 0.6 is 11.6 Å². The highest BCUT2D eigenvalue weighted by Crippen LogP contribution is 2.30. The number of benzene rings is 2. The molecule has 166 valence electrons. The Labute approximate surface area is 186 Å². The van der Waals surface area contributed by atoms with Crippen molar-refractivity contribution in [3.8, 4) is 5.75 Å². The number of hydrogen-bond acceptors (Lipinski definition) is 4. The normalized spacial score (nSPS) is 16.3. The van der Waals surface area contributed by atoms with Gasteiger partial charge in [-0.25, -0.2) is 4.39 Å². The Balaban J connectivity index is 1.77. The lowest BCUT2D eigenvalue weighted by atomic mass is 10.0. The second-order valence-electron chi connectivity index (χ2n) is 7.60. The fraction of sp³-hybridized carbons (Fsp3) is 0.391. The van der Waals surface area contributed by atoms with Crippen LogP contribution in [0.5, 0.6) is 5.75 Å². The highest BCUT2D eigenvalue weighted by molar-refractivity contribution is 6.31. The van der Waals surface area contributed by atoms with E-state index in [9.17, 15) is 14.0 Å². The third-order valence-corrected chi connectivity index (χ3v) is 5.95. The lowest BCUT2D eigenvalue weighted by Gasteiger charge is -2.29. The summed E-state index contributed by atoms with van der Waals surface area (Å²) in [5.41, 5.74) is 6.39. The molecule has 0 spiro atoms. The molecular formula is C23H27ClFN3O3. The molecule has 31 heavy (non-hydrogen) atoms. The van der Waals surface area contributed by atoms with E-state index >= 15 is 0 Å². The minimum atomic E-state index is -0.485.